The predicted octanol–water partition coefficient (Wildman–Crippen LogP) is 2.63. The molecule has 7 heteroatoms. The molecule has 0 radical (unpaired) electrons. The third kappa shape index (κ3) is 3.94. The third-order valence-corrected chi connectivity index (χ3v) is 3.50. The molecule has 0 aliphatic rings. The fourth-order valence-electron chi connectivity index (χ4n) is 2.33. The number of carbonyl (C=O) groups is 1. The smallest absolute Gasteiger partial charge is 0.320 e. The largest absolute Gasteiger partial charge is 0.497 e. The summed E-state index contributed by atoms with van der Waals surface area (Å²) in [5, 5.41) is 9.85. The van der Waals surface area contributed by atoms with Crippen LogP contribution in [0.1, 0.15) is 24.2 Å². The Morgan fingerprint density at radius 3 is 2.57 bits per heavy atom. The first-order valence-electron chi connectivity index (χ1n) is 7.24. The Balaban J connectivity index is 2.07. The summed E-state index contributed by atoms with van der Waals surface area (Å²) in [6.07, 6.45) is 0. The molecule has 1 aromatic heterocycles. The molecule has 2 amide bonds. The number of nitrogens with one attached hydrogen (secondary N) is 2. The topological polar surface area (TPSA) is 77.4 Å². The third-order valence-electron chi connectivity index (χ3n) is 3.50. The van der Waals surface area contributed by atoms with Gasteiger partial charge >= 0.3 is 6.03 Å². The van der Waals surface area contributed by atoms with Crippen molar-refractivity contribution >= 4 is 11.8 Å². The Labute approximate surface area is 135 Å². The molecule has 0 bridgehead atoms. The van der Waals surface area contributed by atoms with E-state index in [1.165, 1.54) is 0 Å². The lowest BCUT2D eigenvalue weighted by Crippen LogP contribution is -2.32. The van der Waals surface area contributed by atoms with Gasteiger partial charge in [-0.1, -0.05) is 0 Å². The average Bonchev–Trinajstić information content (AvgIpc) is 2.83. The number of methoxy groups -OCH3 is 2. The maximum Gasteiger partial charge on any atom is 0.320 e. The lowest BCUT2D eigenvalue weighted by atomic mass is 10.1. The second kappa shape index (κ2) is 7.04. The zero-order valence-corrected chi connectivity index (χ0v) is 14.0. The number of anilines is 1. The molecule has 1 unspecified atom stereocenters. The number of rotatable bonds is 5. The molecule has 124 valence electrons. The van der Waals surface area contributed by atoms with E-state index in [9.17, 15) is 4.79 Å². The minimum absolute atomic E-state index is 0.231. The van der Waals surface area contributed by atoms with Crippen LogP contribution in [0.15, 0.2) is 24.3 Å². The first-order chi connectivity index (χ1) is 10.9. The van der Waals surface area contributed by atoms with Crippen molar-refractivity contribution in [3.05, 3.63) is 35.5 Å². The number of aryl methyl sites for hydroxylation is 2. The van der Waals surface area contributed by atoms with Crippen LogP contribution in [0.25, 0.3) is 0 Å². The van der Waals surface area contributed by atoms with Gasteiger partial charge in [0.15, 0.2) is 0 Å². The van der Waals surface area contributed by atoms with E-state index in [1.54, 1.807) is 38.1 Å². The SMILES string of the molecule is COc1ccc(C(C)NC(=O)Nc2cc(C)nn2C)c(OC)c1. The molecule has 1 atom stereocenters. The van der Waals surface area contributed by atoms with Crippen molar-refractivity contribution in [2.75, 3.05) is 19.5 Å². The van der Waals surface area contributed by atoms with Gasteiger partial charge in [-0.25, -0.2) is 4.79 Å². The first-order valence-corrected chi connectivity index (χ1v) is 7.24. The molecular weight excluding hydrogens is 296 g/mol. The van der Waals surface area contributed by atoms with Gasteiger partial charge in [0.1, 0.15) is 17.3 Å². The van der Waals surface area contributed by atoms with Crippen molar-refractivity contribution < 1.29 is 14.3 Å². The van der Waals surface area contributed by atoms with Gasteiger partial charge in [-0.3, -0.25) is 10.00 Å². The number of nitrogens with zero attached hydrogens (tertiary/aromatic N) is 2. The number of aromatic nitrogens is 2. The average molecular weight is 318 g/mol. The van der Waals surface area contributed by atoms with Gasteiger partial charge in [-0.05, 0) is 26.0 Å². The van der Waals surface area contributed by atoms with Crippen LogP contribution in [0.5, 0.6) is 11.5 Å². The zero-order valence-electron chi connectivity index (χ0n) is 14.0. The molecule has 1 aromatic carbocycles. The number of urea groups is 1. The molecular formula is C16H22N4O3. The van der Waals surface area contributed by atoms with Gasteiger partial charge in [0.25, 0.3) is 0 Å². The van der Waals surface area contributed by atoms with E-state index in [-0.39, 0.29) is 12.1 Å². The number of amides is 2. The summed E-state index contributed by atoms with van der Waals surface area (Å²) in [6, 6.07) is 6.76. The summed E-state index contributed by atoms with van der Waals surface area (Å²) < 4.78 is 12.2. The highest BCUT2D eigenvalue weighted by molar-refractivity contribution is 5.88. The summed E-state index contributed by atoms with van der Waals surface area (Å²) >= 11 is 0. The minimum atomic E-state index is -0.307. The first kappa shape index (κ1) is 16.7. The Kier molecular flexibility index (Phi) is 5.10. The van der Waals surface area contributed by atoms with Gasteiger partial charge in [-0.15, -0.1) is 0 Å². The molecule has 0 saturated carbocycles. The molecule has 23 heavy (non-hydrogen) atoms. The molecule has 0 spiro atoms. The van der Waals surface area contributed by atoms with Crippen LogP contribution in [-0.2, 0) is 7.05 Å². The molecule has 2 aromatic rings. The van der Waals surface area contributed by atoms with Crippen molar-refractivity contribution in [1.82, 2.24) is 15.1 Å². The Morgan fingerprint density at radius 1 is 1.26 bits per heavy atom. The summed E-state index contributed by atoms with van der Waals surface area (Å²) in [7, 11) is 4.96. The normalized spacial score (nSPS) is 11.7. The van der Waals surface area contributed by atoms with E-state index in [4.69, 9.17) is 9.47 Å². The van der Waals surface area contributed by atoms with Crippen molar-refractivity contribution in [2.45, 2.75) is 19.9 Å². The number of carbonyl (C=O) groups excluding carboxylic acids is 1. The lowest BCUT2D eigenvalue weighted by Gasteiger charge is -2.18. The van der Waals surface area contributed by atoms with Crippen LogP contribution in [0.4, 0.5) is 10.6 Å². The molecule has 0 saturated heterocycles. The summed E-state index contributed by atoms with van der Waals surface area (Å²) in [5.74, 6) is 2.00. The lowest BCUT2D eigenvalue weighted by molar-refractivity contribution is 0.249. The molecule has 2 rings (SSSR count). The van der Waals surface area contributed by atoms with E-state index in [1.807, 2.05) is 26.0 Å². The maximum atomic E-state index is 12.2. The second-order valence-electron chi connectivity index (χ2n) is 5.22. The minimum Gasteiger partial charge on any atom is -0.497 e. The van der Waals surface area contributed by atoms with Crippen molar-refractivity contribution in [3.63, 3.8) is 0 Å². The Hall–Kier alpha value is -2.70. The fraction of sp³-hybridized carbons (Fsp3) is 0.375. The predicted molar refractivity (Wildman–Crippen MR) is 88.1 cm³/mol. The summed E-state index contributed by atoms with van der Waals surface area (Å²) in [6.45, 7) is 3.76. The quantitative estimate of drug-likeness (QED) is 0.888. The van der Waals surface area contributed by atoms with Crippen molar-refractivity contribution in [2.24, 2.45) is 7.05 Å². The van der Waals surface area contributed by atoms with Gasteiger partial charge < -0.3 is 14.8 Å². The molecule has 0 fully saturated rings. The van der Waals surface area contributed by atoms with Gasteiger partial charge in [0.05, 0.1) is 26.0 Å². The maximum absolute atomic E-state index is 12.2. The van der Waals surface area contributed by atoms with Crippen LogP contribution < -0.4 is 20.1 Å². The number of ether oxygens (including phenoxy) is 2. The van der Waals surface area contributed by atoms with Crippen molar-refractivity contribution in [1.29, 1.82) is 0 Å². The highest BCUT2D eigenvalue weighted by Crippen LogP contribution is 2.29. The Morgan fingerprint density at radius 2 is 2.00 bits per heavy atom. The molecule has 1 heterocycles. The van der Waals surface area contributed by atoms with Gasteiger partial charge in [-0.2, -0.15) is 5.10 Å². The van der Waals surface area contributed by atoms with Gasteiger partial charge in [0.2, 0.25) is 0 Å². The van der Waals surface area contributed by atoms with E-state index in [0.29, 0.717) is 17.3 Å². The van der Waals surface area contributed by atoms with Crippen LogP contribution in [0.3, 0.4) is 0 Å². The molecule has 0 aliphatic heterocycles. The monoisotopic (exact) mass is 318 g/mol. The van der Waals surface area contributed by atoms with Gasteiger partial charge in [0, 0.05) is 24.7 Å². The fourth-order valence-corrected chi connectivity index (χ4v) is 2.33. The highest BCUT2D eigenvalue weighted by Gasteiger charge is 2.15. The number of hydrogen-bond donors (Lipinski definition) is 2. The molecule has 0 aliphatic carbocycles. The standard InChI is InChI=1S/C16H22N4O3/c1-10-8-15(20(3)19-10)18-16(21)17-11(2)13-7-6-12(22-4)9-14(13)23-5/h6-9,11H,1-5H3,(H2,17,18,21). The molecule has 7 nitrogen and oxygen atoms in total. The van der Waals surface area contributed by atoms with E-state index < -0.39 is 0 Å². The van der Waals surface area contributed by atoms with E-state index in [0.717, 1.165) is 11.3 Å². The van der Waals surface area contributed by atoms with Crippen molar-refractivity contribution in [3.8, 4) is 11.5 Å². The van der Waals surface area contributed by atoms with Crippen LogP contribution in [0.2, 0.25) is 0 Å². The van der Waals surface area contributed by atoms with Crippen LogP contribution in [0, 0.1) is 6.92 Å². The second-order valence-corrected chi connectivity index (χ2v) is 5.22. The highest BCUT2D eigenvalue weighted by atomic mass is 16.5. The zero-order chi connectivity index (χ0) is 17.0. The summed E-state index contributed by atoms with van der Waals surface area (Å²) in [4.78, 5) is 12.2. The van der Waals surface area contributed by atoms with Crippen LogP contribution >= 0.6 is 0 Å². The van der Waals surface area contributed by atoms with E-state index >= 15 is 0 Å². The Bertz CT molecular complexity index is 697. The summed E-state index contributed by atoms with van der Waals surface area (Å²) in [5.41, 5.74) is 1.71. The number of hydrogen-bond acceptors (Lipinski definition) is 4. The van der Waals surface area contributed by atoms with Crippen LogP contribution in [-0.4, -0.2) is 30.0 Å². The van der Waals surface area contributed by atoms with E-state index in [2.05, 4.69) is 15.7 Å². The number of benzene rings is 1. The molecule has 2 N–H and O–H groups in total.